The lowest BCUT2D eigenvalue weighted by Gasteiger charge is -2.28. The van der Waals surface area contributed by atoms with Gasteiger partial charge in [0, 0.05) is 11.3 Å². The van der Waals surface area contributed by atoms with Crippen molar-refractivity contribution in [3.05, 3.63) is 68.8 Å². The van der Waals surface area contributed by atoms with Crippen molar-refractivity contribution in [3.8, 4) is 11.5 Å². The normalized spacial score (nSPS) is 16.3. The lowest BCUT2D eigenvalue weighted by molar-refractivity contribution is -0.136. The number of rotatable bonds is 10. The number of carbonyl (C=O) groups is 2. The first-order valence-corrected chi connectivity index (χ1v) is 11.7. The van der Waals surface area contributed by atoms with Gasteiger partial charge in [-0.15, -0.1) is 0 Å². The van der Waals surface area contributed by atoms with Crippen molar-refractivity contribution in [2.75, 3.05) is 20.3 Å². The van der Waals surface area contributed by atoms with Gasteiger partial charge in [-0.2, -0.15) is 5.10 Å². The highest BCUT2D eigenvalue weighted by Crippen LogP contribution is 2.35. The fraction of sp³-hybridized carbons (Fsp3) is 0.292. The maximum Gasteiger partial charge on any atom is 0.337 e. The van der Waals surface area contributed by atoms with Crippen LogP contribution in [0, 0.1) is 0 Å². The first-order chi connectivity index (χ1) is 17.2. The van der Waals surface area contributed by atoms with Crippen molar-refractivity contribution < 1.29 is 28.9 Å². The summed E-state index contributed by atoms with van der Waals surface area (Å²) in [5.74, 6) is 0.145. The van der Waals surface area contributed by atoms with Crippen LogP contribution in [0.15, 0.2) is 52.8 Å². The van der Waals surface area contributed by atoms with E-state index in [2.05, 4.69) is 21.2 Å². The number of esters is 1. The number of aliphatic hydroxyl groups is 1. The smallest absolute Gasteiger partial charge is 0.337 e. The number of benzene rings is 2. The molecule has 10 nitrogen and oxygen atoms in total. The Kier molecular flexibility index (Phi) is 9.40. The van der Waals surface area contributed by atoms with Gasteiger partial charge in [0.2, 0.25) is 0 Å². The third-order valence-corrected chi connectivity index (χ3v) is 5.91. The van der Waals surface area contributed by atoms with Crippen LogP contribution in [0.1, 0.15) is 31.0 Å². The van der Waals surface area contributed by atoms with E-state index in [1.54, 1.807) is 50.2 Å². The second kappa shape index (κ2) is 12.5. The van der Waals surface area contributed by atoms with Gasteiger partial charge in [0.25, 0.3) is 0 Å². The Morgan fingerprint density at radius 2 is 2.03 bits per heavy atom. The van der Waals surface area contributed by atoms with Gasteiger partial charge in [0.1, 0.15) is 6.61 Å². The highest BCUT2D eigenvalue weighted by molar-refractivity contribution is 6.43. The number of methoxy groups -OCH3 is 1. The Bertz CT molecular complexity index is 1190. The van der Waals surface area contributed by atoms with Gasteiger partial charge in [-0.3, -0.25) is 5.43 Å². The predicted molar refractivity (Wildman–Crippen MR) is 135 cm³/mol. The zero-order chi connectivity index (χ0) is 26.2. The molecule has 0 saturated heterocycles. The van der Waals surface area contributed by atoms with E-state index in [0.717, 1.165) is 0 Å². The zero-order valence-corrected chi connectivity index (χ0v) is 21.3. The van der Waals surface area contributed by atoms with Crippen LogP contribution in [0.4, 0.5) is 4.79 Å². The number of aliphatic hydroxyl groups excluding tert-OH is 1. The summed E-state index contributed by atoms with van der Waals surface area (Å²) in [6, 6.07) is 8.89. The number of nitrogens with zero attached hydrogens (tertiary/aromatic N) is 1. The van der Waals surface area contributed by atoms with E-state index < -0.39 is 24.3 Å². The second-order valence-corrected chi connectivity index (χ2v) is 8.34. The number of hydrazone groups is 1. The molecule has 36 heavy (non-hydrogen) atoms. The topological polar surface area (TPSA) is 131 Å². The molecule has 0 radical (unpaired) electrons. The number of allylic oxidation sites excluding steroid dienone is 1. The summed E-state index contributed by atoms with van der Waals surface area (Å²) in [7, 11) is 1.27. The van der Waals surface area contributed by atoms with Crippen LogP contribution in [-0.2, 0) is 9.53 Å². The first kappa shape index (κ1) is 27.1. The van der Waals surface area contributed by atoms with Crippen molar-refractivity contribution in [3.63, 3.8) is 0 Å². The number of nitrogens with one attached hydrogen (secondary N) is 3. The molecule has 0 aromatic heterocycles. The summed E-state index contributed by atoms with van der Waals surface area (Å²) < 4.78 is 16.3. The standard InChI is InChI=1S/C24H26Cl2N4O6/c1-4-35-18-10-14(22-20(23(32)34-3)13(2)28-24(33)29-22)8-9-17(18)36-12-19(31)30-27-11-15-6-5-7-16(25)21(15)26/h5-11,19,22,30-31H,4,12H2,1-3H3,(H2,28,29,33)/b27-11+/t19-,22+/m1/s1. The first-order valence-electron chi connectivity index (χ1n) is 10.9. The van der Waals surface area contributed by atoms with E-state index >= 15 is 0 Å². The van der Waals surface area contributed by atoms with E-state index in [4.69, 9.17) is 37.4 Å². The van der Waals surface area contributed by atoms with Crippen molar-refractivity contribution in [1.82, 2.24) is 16.1 Å². The van der Waals surface area contributed by atoms with Gasteiger partial charge in [0.05, 0.1) is 41.6 Å². The highest BCUT2D eigenvalue weighted by atomic mass is 35.5. The fourth-order valence-corrected chi connectivity index (χ4v) is 3.79. The quantitative estimate of drug-likeness (QED) is 0.158. The van der Waals surface area contributed by atoms with Crippen LogP contribution in [0.5, 0.6) is 11.5 Å². The number of carbonyl (C=O) groups excluding carboxylic acids is 2. The molecule has 3 rings (SSSR count). The lowest BCUT2D eigenvalue weighted by Crippen LogP contribution is -2.45. The third kappa shape index (κ3) is 6.60. The summed E-state index contributed by atoms with van der Waals surface area (Å²) in [5.41, 5.74) is 4.37. The monoisotopic (exact) mass is 536 g/mol. The van der Waals surface area contributed by atoms with Crippen molar-refractivity contribution in [2.45, 2.75) is 26.1 Å². The summed E-state index contributed by atoms with van der Waals surface area (Å²) in [5, 5.41) is 20.2. The summed E-state index contributed by atoms with van der Waals surface area (Å²) in [6.45, 7) is 3.61. The van der Waals surface area contributed by atoms with Crippen LogP contribution in [-0.4, -0.2) is 49.9 Å². The van der Waals surface area contributed by atoms with Crippen molar-refractivity contribution in [1.29, 1.82) is 0 Å². The Morgan fingerprint density at radius 3 is 2.75 bits per heavy atom. The minimum atomic E-state index is -1.14. The maximum absolute atomic E-state index is 12.3. The Balaban J connectivity index is 1.72. The molecule has 2 atom stereocenters. The molecule has 0 unspecified atom stereocenters. The van der Waals surface area contributed by atoms with Gasteiger partial charge in [-0.05, 0) is 37.6 Å². The average Bonchev–Trinajstić information content (AvgIpc) is 2.85. The SMILES string of the molecule is CCOc1cc([C@@H]2NC(=O)NC(C)=C2C(=O)OC)ccc1OC[C@@H](O)N/N=C/c1cccc(Cl)c1Cl. The molecule has 4 N–H and O–H groups in total. The number of ether oxygens (including phenoxy) is 3. The molecule has 1 aliphatic heterocycles. The molecule has 0 bridgehead atoms. The van der Waals surface area contributed by atoms with Gasteiger partial charge in [0.15, 0.2) is 17.7 Å². The molecule has 2 aromatic carbocycles. The van der Waals surface area contributed by atoms with Crippen LogP contribution < -0.4 is 25.5 Å². The van der Waals surface area contributed by atoms with Gasteiger partial charge in [-0.25, -0.2) is 9.59 Å². The fourth-order valence-electron chi connectivity index (χ4n) is 3.44. The van der Waals surface area contributed by atoms with E-state index in [1.807, 2.05) is 0 Å². The van der Waals surface area contributed by atoms with Crippen molar-refractivity contribution >= 4 is 41.4 Å². The number of halogens is 2. The number of hydrogen-bond acceptors (Lipinski definition) is 8. The summed E-state index contributed by atoms with van der Waals surface area (Å²) in [4.78, 5) is 24.4. The molecule has 1 heterocycles. The van der Waals surface area contributed by atoms with Gasteiger partial charge >= 0.3 is 12.0 Å². The average molecular weight is 537 g/mol. The third-order valence-electron chi connectivity index (χ3n) is 5.08. The molecule has 0 fully saturated rings. The molecule has 192 valence electrons. The van der Waals surface area contributed by atoms with Crippen LogP contribution in [0.2, 0.25) is 10.0 Å². The molecule has 2 aromatic rings. The molecule has 0 spiro atoms. The summed E-state index contributed by atoms with van der Waals surface area (Å²) >= 11 is 12.1. The van der Waals surface area contributed by atoms with Gasteiger partial charge in [-0.1, -0.05) is 41.4 Å². The maximum atomic E-state index is 12.3. The number of hydrogen-bond donors (Lipinski definition) is 4. The molecule has 1 aliphatic rings. The van der Waals surface area contributed by atoms with E-state index in [1.165, 1.54) is 13.3 Å². The predicted octanol–water partition coefficient (Wildman–Crippen LogP) is 3.51. The van der Waals surface area contributed by atoms with Gasteiger partial charge < -0.3 is 30.0 Å². The van der Waals surface area contributed by atoms with E-state index in [-0.39, 0.29) is 12.2 Å². The molecule has 2 amide bonds. The minimum Gasteiger partial charge on any atom is -0.490 e. The molecular formula is C24H26Cl2N4O6. The number of urea groups is 1. The number of amides is 2. The molecular weight excluding hydrogens is 511 g/mol. The van der Waals surface area contributed by atoms with Crippen LogP contribution >= 0.6 is 23.2 Å². The lowest BCUT2D eigenvalue weighted by atomic mass is 9.95. The minimum absolute atomic E-state index is 0.156. The molecule has 0 aliphatic carbocycles. The van der Waals surface area contributed by atoms with E-state index in [0.29, 0.717) is 45.0 Å². The van der Waals surface area contributed by atoms with E-state index in [9.17, 15) is 14.7 Å². The Labute approximate surface area is 218 Å². The molecule has 12 heteroatoms. The largest absolute Gasteiger partial charge is 0.490 e. The summed E-state index contributed by atoms with van der Waals surface area (Å²) in [6.07, 6.45) is 0.285. The Hall–Kier alpha value is -3.47. The van der Waals surface area contributed by atoms with Crippen LogP contribution in [0.25, 0.3) is 0 Å². The highest BCUT2D eigenvalue weighted by Gasteiger charge is 2.32. The Morgan fingerprint density at radius 1 is 1.25 bits per heavy atom. The van der Waals surface area contributed by atoms with Crippen molar-refractivity contribution in [2.24, 2.45) is 5.10 Å². The zero-order valence-electron chi connectivity index (χ0n) is 19.8. The molecule has 0 saturated carbocycles. The van der Waals surface area contributed by atoms with Crippen LogP contribution in [0.3, 0.4) is 0 Å². The second-order valence-electron chi connectivity index (χ2n) is 7.56.